The third-order valence-corrected chi connectivity index (χ3v) is 11.1. The fourth-order valence-electron chi connectivity index (χ4n) is 7.12. The summed E-state index contributed by atoms with van der Waals surface area (Å²) in [5, 5.41) is 2.55. The minimum absolute atomic E-state index is 0.291. The Morgan fingerprint density at radius 2 is 1.14 bits per heavy atom. The summed E-state index contributed by atoms with van der Waals surface area (Å²) in [7, 11) is 0.583. The van der Waals surface area contributed by atoms with Gasteiger partial charge < -0.3 is 9.30 Å². The minimum Gasteiger partial charge on any atom is -0.465 e. The summed E-state index contributed by atoms with van der Waals surface area (Å²) < 4.78 is 9.31. The molecule has 9 rings (SSSR count). The lowest BCUT2D eigenvalue weighted by molar-refractivity contribution is 0.173. The lowest BCUT2D eigenvalue weighted by atomic mass is 10.0. The molecule has 3 nitrogen and oxygen atoms in total. The molecular weight excluding hydrogens is 640 g/mol. The Hall–Kier alpha value is -6.02. The summed E-state index contributed by atoms with van der Waals surface area (Å²) in [4.78, 5) is 5.22. The van der Waals surface area contributed by atoms with Crippen LogP contribution in [0.2, 0.25) is 0 Å². The van der Waals surface area contributed by atoms with Crippen LogP contribution >= 0.6 is 8.58 Å². The summed E-state index contributed by atoms with van der Waals surface area (Å²) in [5.74, 6) is 0.830. The highest BCUT2D eigenvalue weighted by Crippen LogP contribution is 2.46. The van der Waals surface area contributed by atoms with Crippen LogP contribution in [-0.2, 0) is 0 Å². The molecule has 0 N–H and O–H groups in total. The maximum Gasteiger partial charge on any atom is 0.203 e. The molecule has 8 aromatic rings. The number of nitrogens with zero attached hydrogens (tertiary/aromatic N) is 2. The van der Waals surface area contributed by atoms with E-state index >= 15 is 0 Å². The molecule has 4 heteroatoms. The van der Waals surface area contributed by atoms with E-state index in [1.54, 1.807) is 0 Å². The van der Waals surface area contributed by atoms with E-state index in [4.69, 9.17) is 9.73 Å². The molecule has 0 saturated carbocycles. The molecule has 0 fully saturated rings. The number of ether oxygens (including phenoxy) is 1. The highest BCUT2D eigenvalue weighted by Gasteiger charge is 2.29. The maximum atomic E-state index is 6.95. The van der Waals surface area contributed by atoms with Crippen LogP contribution in [0.25, 0.3) is 22.2 Å². The van der Waals surface area contributed by atoms with Gasteiger partial charge in [-0.3, -0.25) is 0 Å². The molecule has 1 aromatic heterocycles. The molecule has 2 heterocycles. The number of aromatic nitrogens is 1. The second-order valence-corrected chi connectivity index (χ2v) is 14.3. The first-order chi connectivity index (χ1) is 25.3. The highest BCUT2D eigenvalue weighted by molar-refractivity contribution is 7.48. The van der Waals surface area contributed by atoms with E-state index in [0.717, 1.165) is 50.6 Å². The van der Waals surface area contributed by atoms with Crippen LogP contribution in [-0.4, -0.2) is 10.3 Å². The van der Waals surface area contributed by atoms with Crippen molar-refractivity contribution in [2.24, 2.45) is 4.99 Å². The number of fused-ring (bicyclic) bond motifs is 5. The Balaban J connectivity index is 1.14. The van der Waals surface area contributed by atoms with Crippen molar-refractivity contribution >= 4 is 36.2 Å². The normalized spacial score (nSPS) is 13.5. The van der Waals surface area contributed by atoms with Gasteiger partial charge in [-0.1, -0.05) is 166 Å². The van der Waals surface area contributed by atoms with E-state index in [1.165, 1.54) is 21.8 Å². The number of benzene rings is 7. The smallest absolute Gasteiger partial charge is 0.203 e. The molecule has 0 spiro atoms. The van der Waals surface area contributed by atoms with Crippen LogP contribution in [0.15, 0.2) is 199 Å². The van der Waals surface area contributed by atoms with Crippen molar-refractivity contribution in [1.82, 2.24) is 4.57 Å². The van der Waals surface area contributed by atoms with Crippen molar-refractivity contribution in [1.29, 1.82) is 0 Å². The third kappa shape index (κ3) is 6.18. The number of hydrogen-bond acceptors (Lipinski definition) is 2. The van der Waals surface area contributed by atoms with Crippen molar-refractivity contribution < 1.29 is 4.74 Å². The van der Waals surface area contributed by atoms with Gasteiger partial charge in [0.15, 0.2) is 0 Å². The minimum atomic E-state index is -0.317. The molecule has 0 saturated heterocycles. The maximum absolute atomic E-state index is 6.95. The third-order valence-electron chi connectivity index (χ3n) is 9.55. The van der Waals surface area contributed by atoms with E-state index in [0.29, 0.717) is 14.2 Å². The van der Waals surface area contributed by atoms with Crippen molar-refractivity contribution in [2.45, 2.75) is 11.9 Å². The quantitative estimate of drug-likeness (QED) is 0.116. The van der Waals surface area contributed by atoms with Gasteiger partial charge in [-0.15, -0.1) is 0 Å². The fourth-order valence-corrected chi connectivity index (χ4v) is 8.59. The van der Waals surface area contributed by atoms with Crippen LogP contribution in [0.3, 0.4) is 0 Å². The fraction of sp³-hybridized carbons (Fsp3) is 0.0426. The van der Waals surface area contributed by atoms with E-state index in [9.17, 15) is 0 Å². The van der Waals surface area contributed by atoms with Crippen LogP contribution < -0.4 is 10.0 Å². The summed E-state index contributed by atoms with van der Waals surface area (Å²) in [6, 6.07) is 68.7. The lowest BCUT2D eigenvalue weighted by Crippen LogP contribution is -2.22. The van der Waals surface area contributed by atoms with Gasteiger partial charge in [0.2, 0.25) is 6.23 Å². The molecule has 0 aliphatic carbocycles. The first kappa shape index (κ1) is 31.0. The average molecular weight is 675 g/mol. The number of hydrogen-bond donors (Lipinski definition) is 0. The number of rotatable bonds is 8. The van der Waals surface area contributed by atoms with E-state index in [-0.39, 0.29) is 6.23 Å². The van der Waals surface area contributed by atoms with Crippen LogP contribution in [0.5, 0.6) is 5.75 Å². The molecule has 0 radical (unpaired) electrons. The highest BCUT2D eigenvalue weighted by atomic mass is 31.1. The summed E-state index contributed by atoms with van der Waals surface area (Å²) >= 11 is 0. The van der Waals surface area contributed by atoms with Gasteiger partial charge in [0, 0.05) is 39.4 Å². The summed E-state index contributed by atoms with van der Waals surface area (Å²) in [6.45, 7) is 0. The monoisotopic (exact) mass is 674 g/mol. The molecule has 51 heavy (non-hydrogen) atoms. The van der Waals surface area contributed by atoms with Crippen LogP contribution in [0.4, 0.5) is 5.69 Å². The zero-order valence-corrected chi connectivity index (χ0v) is 28.9. The molecule has 2 atom stereocenters. The Labute approximate surface area is 300 Å². The summed E-state index contributed by atoms with van der Waals surface area (Å²) in [6.07, 6.45) is -0.317. The Morgan fingerprint density at radius 3 is 1.75 bits per heavy atom. The van der Waals surface area contributed by atoms with Crippen molar-refractivity contribution in [2.75, 3.05) is 0 Å². The molecule has 0 amide bonds. The van der Waals surface area contributed by atoms with Gasteiger partial charge in [0.05, 0.1) is 22.6 Å². The van der Waals surface area contributed by atoms with Gasteiger partial charge in [-0.05, 0) is 46.8 Å². The molecule has 0 bridgehead atoms. The second kappa shape index (κ2) is 13.7. The zero-order valence-electron chi connectivity index (χ0n) is 27.9. The largest absolute Gasteiger partial charge is 0.465 e. The van der Waals surface area contributed by atoms with Gasteiger partial charge in [0.1, 0.15) is 5.75 Å². The van der Waals surface area contributed by atoms with E-state index in [2.05, 4.69) is 187 Å². The Morgan fingerprint density at radius 1 is 0.569 bits per heavy atom. The van der Waals surface area contributed by atoms with Gasteiger partial charge in [-0.2, -0.15) is 0 Å². The zero-order chi connectivity index (χ0) is 34.0. The van der Waals surface area contributed by atoms with Gasteiger partial charge in [-0.25, -0.2) is 4.99 Å². The predicted molar refractivity (Wildman–Crippen MR) is 213 cm³/mol. The topological polar surface area (TPSA) is 26.5 Å². The second-order valence-electron chi connectivity index (χ2n) is 12.8. The van der Waals surface area contributed by atoms with Crippen LogP contribution in [0, 0.1) is 0 Å². The van der Waals surface area contributed by atoms with Crippen molar-refractivity contribution in [3.05, 3.63) is 222 Å². The van der Waals surface area contributed by atoms with E-state index < -0.39 is 0 Å². The van der Waals surface area contributed by atoms with E-state index in [1.807, 2.05) is 12.1 Å². The molecule has 7 aromatic carbocycles. The van der Waals surface area contributed by atoms with Crippen molar-refractivity contribution in [3.8, 4) is 17.0 Å². The molecule has 2 unspecified atom stereocenters. The average Bonchev–Trinajstić information content (AvgIpc) is 3.59. The molecule has 1 aliphatic heterocycles. The Bertz CT molecular complexity index is 2380. The lowest BCUT2D eigenvalue weighted by Gasteiger charge is -2.30. The van der Waals surface area contributed by atoms with Gasteiger partial charge >= 0.3 is 0 Å². The first-order valence-electron chi connectivity index (χ1n) is 17.4. The van der Waals surface area contributed by atoms with Crippen LogP contribution in [0.1, 0.15) is 39.7 Å². The number of aliphatic imine (C=N–C) groups is 1. The molecule has 1 aliphatic rings. The first-order valence-corrected chi connectivity index (χ1v) is 18.4. The predicted octanol–water partition coefficient (Wildman–Crippen LogP) is 11.5. The van der Waals surface area contributed by atoms with Crippen molar-refractivity contribution in [3.63, 3.8) is 0 Å². The SMILES string of the molecule is c1ccc(C(=Nc2ccc3c(c2)OC(c2ccccc2)n2c-3cc3cc(PC(c4ccccc4)c4ccccc4)ccc32)c2ccccc2)cc1. The Kier molecular flexibility index (Phi) is 8.33. The standard InChI is InChI=1S/C47H35N2OP/c1-6-16-33(17-7-1)45(34-18-8-2-9-19-34)48-39-26-28-41-43-31-38-30-40(51-46(35-20-10-3-11-21-35)36-22-12-4-13-23-36)27-29-42(38)49(43)47(50-44(41)32-39)37-24-14-5-15-25-37/h1-32,46-47,51H. The van der Waals surface area contributed by atoms with Gasteiger partial charge in [0.25, 0.3) is 0 Å². The summed E-state index contributed by atoms with van der Waals surface area (Å²) in [5.41, 5.74) is 11.4. The molecular formula is C47H35N2OP. The molecule has 244 valence electrons.